The Hall–Kier alpha value is -2.86. The van der Waals surface area contributed by atoms with Crippen LogP contribution in [0.25, 0.3) is 10.6 Å². The van der Waals surface area contributed by atoms with Crippen molar-refractivity contribution in [2.24, 2.45) is 0 Å². The Labute approximate surface area is 150 Å². The molecule has 6 heteroatoms. The molecule has 1 aromatic heterocycles. The predicted molar refractivity (Wildman–Crippen MR) is 98.4 cm³/mol. The highest BCUT2D eigenvalue weighted by atomic mass is 32.1. The lowest BCUT2D eigenvalue weighted by atomic mass is 10.2. The van der Waals surface area contributed by atoms with Crippen molar-refractivity contribution >= 4 is 17.2 Å². The number of nitrogens with one attached hydrogen (secondary N) is 1. The molecule has 2 aromatic carbocycles. The van der Waals surface area contributed by atoms with Gasteiger partial charge in [0.25, 0.3) is 5.91 Å². The molecule has 0 bridgehead atoms. The van der Waals surface area contributed by atoms with Gasteiger partial charge < -0.3 is 14.8 Å². The lowest BCUT2D eigenvalue weighted by molar-refractivity contribution is 0.0951. The summed E-state index contributed by atoms with van der Waals surface area (Å²) in [6.45, 7) is 0.851. The minimum Gasteiger partial charge on any atom is -0.497 e. The Morgan fingerprint density at radius 1 is 1.08 bits per heavy atom. The summed E-state index contributed by atoms with van der Waals surface area (Å²) < 4.78 is 10.7. The Kier molecular flexibility index (Phi) is 5.64. The number of carbonyl (C=O) groups is 1. The summed E-state index contributed by atoms with van der Waals surface area (Å²) in [5.74, 6) is 1.43. The quantitative estimate of drug-likeness (QED) is 0.658. The van der Waals surface area contributed by atoms with E-state index in [1.165, 1.54) is 11.3 Å². The molecule has 0 radical (unpaired) electrons. The van der Waals surface area contributed by atoms with Crippen LogP contribution in [0.5, 0.6) is 11.5 Å². The van der Waals surface area contributed by atoms with Crippen molar-refractivity contribution in [2.75, 3.05) is 20.3 Å². The van der Waals surface area contributed by atoms with Gasteiger partial charge in [-0.05, 0) is 36.4 Å². The highest BCUT2D eigenvalue weighted by Gasteiger charge is 2.11. The van der Waals surface area contributed by atoms with E-state index in [2.05, 4.69) is 10.3 Å². The first-order valence-corrected chi connectivity index (χ1v) is 8.64. The smallest absolute Gasteiger partial charge is 0.263 e. The molecule has 0 aliphatic heterocycles. The van der Waals surface area contributed by atoms with Gasteiger partial charge in [-0.1, -0.05) is 18.2 Å². The number of carbonyl (C=O) groups excluding carboxylic acids is 1. The molecule has 0 unspecified atom stereocenters. The van der Waals surface area contributed by atoms with Gasteiger partial charge in [0.15, 0.2) is 0 Å². The van der Waals surface area contributed by atoms with E-state index < -0.39 is 0 Å². The summed E-state index contributed by atoms with van der Waals surface area (Å²) >= 11 is 1.36. The average Bonchev–Trinajstić information content (AvgIpc) is 3.16. The zero-order valence-electron chi connectivity index (χ0n) is 13.8. The molecular formula is C19H18N2O3S. The van der Waals surface area contributed by atoms with Gasteiger partial charge in [0.2, 0.25) is 0 Å². The number of hydrogen-bond acceptors (Lipinski definition) is 5. The normalized spacial score (nSPS) is 10.3. The first kappa shape index (κ1) is 17.0. The zero-order valence-corrected chi connectivity index (χ0v) is 14.6. The van der Waals surface area contributed by atoms with Crippen molar-refractivity contribution < 1.29 is 14.3 Å². The molecule has 1 N–H and O–H groups in total. The summed E-state index contributed by atoms with van der Waals surface area (Å²) in [5, 5.41) is 3.64. The van der Waals surface area contributed by atoms with Crippen LogP contribution in [0.1, 0.15) is 9.67 Å². The summed E-state index contributed by atoms with van der Waals surface area (Å²) in [4.78, 5) is 17.1. The fourth-order valence-electron chi connectivity index (χ4n) is 2.18. The standard InChI is InChI=1S/C19H18N2O3S/c1-23-15-9-7-14(8-10-15)19-21-13-17(25-19)18(22)20-11-12-24-16-5-3-2-4-6-16/h2-10,13H,11-12H2,1H3,(H,20,22). The largest absolute Gasteiger partial charge is 0.497 e. The maximum absolute atomic E-state index is 12.2. The van der Waals surface area contributed by atoms with E-state index in [9.17, 15) is 4.79 Å². The monoisotopic (exact) mass is 354 g/mol. The van der Waals surface area contributed by atoms with Gasteiger partial charge in [-0.3, -0.25) is 4.79 Å². The fraction of sp³-hybridized carbons (Fsp3) is 0.158. The minimum atomic E-state index is -0.145. The molecule has 0 aliphatic rings. The lowest BCUT2D eigenvalue weighted by Gasteiger charge is -2.06. The van der Waals surface area contributed by atoms with Crippen LogP contribution in [0, 0.1) is 0 Å². The van der Waals surface area contributed by atoms with Crippen LogP contribution >= 0.6 is 11.3 Å². The fourth-order valence-corrected chi connectivity index (χ4v) is 3.02. The Balaban J connectivity index is 1.51. The summed E-state index contributed by atoms with van der Waals surface area (Å²) in [6, 6.07) is 17.1. The van der Waals surface area contributed by atoms with Crippen LogP contribution in [0.2, 0.25) is 0 Å². The molecule has 1 amide bonds. The van der Waals surface area contributed by atoms with Crippen LogP contribution in [-0.2, 0) is 0 Å². The molecule has 0 saturated heterocycles. The number of amides is 1. The van der Waals surface area contributed by atoms with Crippen molar-refractivity contribution in [3.8, 4) is 22.1 Å². The number of benzene rings is 2. The van der Waals surface area contributed by atoms with E-state index in [0.717, 1.165) is 22.1 Å². The average molecular weight is 354 g/mol. The third kappa shape index (κ3) is 4.58. The van der Waals surface area contributed by atoms with Crippen molar-refractivity contribution in [3.63, 3.8) is 0 Å². The van der Waals surface area contributed by atoms with E-state index in [4.69, 9.17) is 9.47 Å². The third-order valence-electron chi connectivity index (χ3n) is 3.47. The Morgan fingerprint density at radius 3 is 2.56 bits per heavy atom. The topological polar surface area (TPSA) is 60.5 Å². The van der Waals surface area contributed by atoms with Gasteiger partial charge in [0.1, 0.15) is 28.0 Å². The molecule has 0 spiro atoms. The number of para-hydroxylation sites is 1. The van der Waals surface area contributed by atoms with Gasteiger partial charge in [-0.2, -0.15) is 0 Å². The first-order valence-electron chi connectivity index (χ1n) is 7.82. The zero-order chi connectivity index (χ0) is 17.5. The Morgan fingerprint density at radius 2 is 1.84 bits per heavy atom. The molecular weight excluding hydrogens is 336 g/mol. The van der Waals surface area contributed by atoms with Gasteiger partial charge in [0, 0.05) is 5.56 Å². The van der Waals surface area contributed by atoms with Crippen molar-refractivity contribution in [1.82, 2.24) is 10.3 Å². The van der Waals surface area contributed by atoms with Gasteiger partial charge in [-0.15, -0.1) is 11.3 Å². The number of methoxy groups -OCH3 is 1. The minimum absolute atomic E-state index is 0.145. The molecule has 3 aromatic rings. The summed E-state index contributed by atoms with van der Waals surface area (Å²) in [6.07, 6.45) is 1.59. The van der Waals surface area contributed by atoms with Gasteiger partial charge >= 0.3 is 0 Å². The maximum Gasteiger partial charge on any atom is 0.263 e. The molecule has 3 rings (SSSR count). The third-order valence-corrected chi connectivity index (χ3v) is 4.51. The molecule has 0 saturated carbocycles. The highest BCUT2D eigenvalue weighted by molar-refractivity contribution is 7.16. The number of nitrogens with zero attached hydrogens (tertiary/aromatic N) is 1. The molecule has 25 heavy (non-hydrogen) atoms. The molecule has 0 aliphatic carbocycles. The van der Waals surface area contributed by atoms with Gasteiger partial charge in [-0.25, -0.2) is 4.98 Å². The number of hydrogen-bond donors (Lipinski definition) is 1. The summed E-state index contributed by atoms with van der Waals surface area (Å²) in [7, 11) is 1.63. The SMILES string of the molecule is COc1ccc(-c2ncc(C(=O)NCCOc3ccccc3)s2)cc1. The number of rotatable bonds is 7. The molecule has 0 atom stereocenters. The van der Waals surface area contributed by atoms with Crippen LogP contribution in [0.15, 0.2) is 60.8 Å². The number of ether oxygens (including phenoxy) is 2. The number of thiazole rings is 1. The number of aromatic nitrogens is 1. The second-order valence-corrected chi connectivity index (χ2v) is 6.21. The van der Waals surface area contributed by atoms with E-state index in [1.54, 1.807) is 13.3 Å². The van der Waals surface area contributed by atoms with Crippen molar-refractivity contribution in [2.45, 2.75) is 0 Å². The first-order chi connectivity index (χ1) is 12.3. The van der Waals surface area contributed by atoms with E-state index >= 15 is 0 Å². The second-order valence-electron chi connectivity index (χ2n) is 5.18. The highest BCUT2D eigenvalue weighted by Crippen LogP contribution is 2.26. The lowest BCUT2D eigenvalue weighted by Crippen LogP contribution is -2.27. The van der Waals surface area contributed by atoms with Crippen molar-refractivity contribution in [1.29, 1.82) is 0 Å². The van der Waals surface area contributed by atoms with Crippen LogP contribution < -0.4 is 14.8 Å². The molecule has 1 heterocycles. The van der Waals surface area contributed by atoms with Crippen LogP contribution in [-0.4, -0.2) is 31.2 Å². The van der Waals surface area contributed by atoms with Crippen molar-refractivity contribution in [3.05, 3.63) is 65.7 Å². The van der Waals surface area contributed by atoms with E-state index in [0.29, 0.717) is 18.0 Å². The molecule has 0 fully saturated rings. The van der Waals surface area contributed by atoms with E-state index in [1.807, 2.05) is 54.6 Å². The molecule has 128 valence electrons. The van der Waals surface area contributed by atoms with Crippen LogP contribution in [0.3, 0.4) is 0 Å². The Bertz CT molecular complexity index is 816. The van der Waals surface area contributed by atoms with Gasteiger partial charge in [0.05, 0.1) is 19.9 Å². The predicted octanol–water partition coefficient (Wildman–Crippen LogP) is 3.63. The molecule has 5 nitrogen and oxygen atoms in total. The van der Waals surface area contributed by atoms with Crippen LogP contribution in [0.4, 0.5) is 0 Å². The second kappa shape index (κ2) is 8.30. The van der Waals surface area contributed by atoms with E-state index in [-0.39, 0.29) is 5.91 Å². The maximum atomic E-state index is 12.2. The summed E-state index contributed by atoms with van der Waals surface area (Å²) in [5.41, 5.74) is 0.956.